The van der Waals surface area contributed by atoms with Gasteiger partial charge in [0.15, 0.2) is 6.61 Å². The molecule has 0 aliphatic heterocycles. The summed E-state index contributed by atoms with van der Waals surface area (Å²) in [4.78, 5) is 10.5. The average molecular weight is 320 g/mol. The van der Waals surface area contributed by atoms with E-state index in [4.69, 9.17) is 9.84 Å². The van der Waals surface area contributed by atoms with Gasteiger partial charge in [-0.05, 0) is 30.5 Å². The van der Waals surface area contributed by atoms with E-state index in [2.05, 4.69) is 13.0 Å². The molecule has 0 fully saturated rings. The molecular formula is C20H32O3. The maximum atomic E-state index is 10.5. The zero-order chi connectivity index (χ0) is 16.8. The van der Waals surface area contributed by atoms with Crippen LogP contribution in [0, 0.1) is 0 Å². The molecule has 0 atom stereocenters. The molecule has 3 nitrogen and oxygen atoms in total. The summed E-state index contributed by atoms with van der Waals surface area (Å²) >= 11 is 0. The fourth-order valence-corrected chi connectivity index (χ4v) is 2.75. The Labute approximate surface area is 141 Å². The number of carboxylic acid groups (broad SMARTS) is 1. The first-order chi connectivity index (χ1) is 11.2. The smallest absolute Gasteiger partial charge is 0.341 e. The van der Waals surface area contributed by atoms with Crippen molar-refractivity contribution >= 4 is 5.97 Å². The van der Waals surface area contributed by atoms with Gasteiger partial charge in [0.1, 0.15) is 5.75 Å². The third-order valence-corrected chi connectivity index (χ3v) is 4.08. The largest absolute Gasteiger partial charge is 0.482 e. The molecule has 0 unspecified atom stereocenters. The van der Waals surface area contributed by atoms with Crippen LogP contribution in [-0.2, 0) is 11.2 Å². The van der Waals surface area contributed by atoms with Crippen LogP contribution >= 0.6 is 0 Å². The minimum Gasteiger partial charge on any atom is -0.482 e. The van der Waals surface area contributed by atoms with E-state index < -0.39 is 5.97 Å². The topological polar surface area (TPSA) is 46.5 Å². The van der Waals surface area contributed by atoms with E-state index >= 15 is 0 Å². The van der Waals surface area contributed by atoms with Gasteiger partial charge >= 0.3 is 5.97 Å². The van der Waals surface area contributed by atoms with Gasteiger partial charge in [-0.2, -0.15) is 0 Å². The molecule has 0 bridgehead atoms. The van der Waals surface area contributed by atoms with E-state index in [0.717, 1.165) is 6.42 Å². The number of rotatable bonds is 14. The number of hydrogen-bond donors (Lipinski definition) is 1. The molecule has 1 aromatic rings. The normalized spacial score (nSPS) is 10.7. The van der Waals surface area contributed by atoms with Crippen molar-refractivity contribution in [3.05, 3.63) is 29.8 Å². The Morgan fingerprint density at radius 2 is 1.57 bits per heavy atom. The van der Waals surface area contributed by atoms with Crippen molar-refractivity contribution in [1.29, 1.82) is 0 Å². The van der Waals surface area contributed by atoms with Crippen LogP contribution in [0.25, 0.3) is 0 Å². The first-order valence-electron chi connectivity index (χ1n) is 9.16. The lowest BCUT2D eigenvalue weighted by Crippen LogP contribution is -2.09. The number of aliphatic carboxylic acids is 1. The molecule has 3 heteroatoms. The third-order valence-electron chi connectivity index (χ3n) is 4.08. The van der Waals surface area contributed by atoms with Crippen molar-refractivity contribution in [2.45, 2.75) is 77.6 Å². The number of benzene rings is 1. The van der Waals surface area contributed by atoms with Gasteiger partial charge in [-0.1, -0.05) is 76.8 Å². The summed E-state index contributed by atoms with van der Waals surface area (Å²) in [6.45, 7) is 1.98. The Kier molecular flexibility index (Phi) is 11.0. The SMILES string of the molecule is CCCCCCCCCCCCc1cccc(OCC(=O)O)c1. The summed E-state index contributed by atoms with van der Waals surface area (Å²) in [6.07, 6.45) is 14.5. The Morgan fingerprint density at radius 3 is 2.17 bits per heavy atom. The molecule has 0 aliphatic carbocycles. The predicted molar refractivity (Wildman–Crippen MR) is 95.1 cm³/mol. The van der Waals surface area contributed by atoms with Crippen LogP contribution in [0.3, 0.4) is 0 Å². The van der Waals surface area contributed by atoms with Crippen molar-refractivity contribution in [2.75, 3.05) is 6.61 Å². The Hall–Kier alpha value is -1.51. The zero-order valence-corrected chi connectivity index (χ0v) is 14.6. The van der Waals surface area contributed by atoms with Crippen LogP contribution in [0.4, 0.5) is 0 Å². The third kappa shape index (κ3) is 10.8. The minimum atomic E-state index is -0.940. The molecular weight excluding hydrogens is 288 g/mol. The summed E-state index contributed by atoms with van der Waals surface area (Å²) in [5, 5.41) is 8.62. The summed E-state index contributed by atoms with van der Waals surface area (Å²) in [7, 11) is 0. The maximum absolute atomic E-state index is 10.5. The number of hydrogen-bond acceptors (Lipinski definition) is 2. The first kappa shape index (κ1) is 19.5. The number of carboxylic acids is 1. The molecule has 130 valence electrons. The van der Waals surface area contributed by atoms with Gasteiger partial charge in [-0.3, -0.25) is 0 Å². The fourth-order valence-electron chi connectivity index (χ4n) is 2.75. The van der Waals surface area contributed by atoms with Crippen molar-refractivity contribution < 1.29 is 14.6 Å². The Morgan fingerprint density at radius 1 is 0.957 bits per heavy atom. The standard InChI is InChI=1S/C20H32O3/c1-2-3-4-5-6-7-8-9-10-11-13-18-14-12-15-19(16-18)23-17-20(21)22/h12,14-16H,2-11,13,17H2,1H3,(H,21,22). The predicted octanol–water partition coefficient (Wildman–Crippen LogP) is 5.61. The molecule has 0 spiro atoms. The molecule has 1 N–H and O–H groups in total. The van der Waals surface area contributed by atoms with Gasteiger partial charge < -0.3 is 9.84 Å². The van der Waals surface area contributed by atoms with Gasteiger partial charge in [0, 0.05) is 0 Å². The molecule has 0 heterocycles. The first-order valence-corrected chi connectivity index (χ1v) is 9.16. The van der Waals surface area contributed by atoms with Crippen LogP contribution < -0.4 is 4.74 Å². The molecule has 0 radical (unpaired) electrons. The monoisotopic (exact) mass is 320 g/mol. The van der Waals surface area contributed by atoms with E-state index in [1.165, 1.54) is 69.8 Å². The number of carbonyl (C=O) groups is 1. The van der Waals surface area contributed by atoms with Gasteiger partial charge in [0.2, 0.25) is 0 Å². The molecule has 1 aromatic carbocycles. The second kappa shape index (κ2) is 13.0. The lowest BCUT2D eigenvalue weighted by Gasteiger charge is -2.06. The maximum Gasteiger partial charge on any atom is 0.341 e. The summed E-state index contributed by atoms with van der Waals surface area (Å²) in [5.41, 5.74) is 1.23. The average Bonchev–Trinajstić information content (AvgIpc) is 2.55. The van der Waals surface area contributed by atoms with E-state index in [-0.39, 0.29) is 6.61 Å². The van der Waals surface area contributed by atoms with Crippen LogP contribution in [-0.4, -0.2) is 17.7 Å². The number of aryl methyl sites for hydroxylation is 1. The van der Waals surface area contributed by atoms with E-state index in [1.54, 1.807) is 0 Å². The molecule has 0 aliphatic rings. The summed E-state index contributed by atoms with van der Waals surface area (Å²) in [5.74, 6) is -0.290. The van der Waals surface area contributed by atoms with Crippen LogP contribution in [0.2, 0.25) is 0 Å². The molecule has 23 heavy (non-hydrogen) atoms. The molecule has 0 aromatic heterocycles. The van der Waals surface area contributed by atoms with Crippen LogP contribution in [0.5, 0.6) is 5.75 Å². The van der Waals surface area contributed by atoms with Gasteiger partial charge in [0.25, 0.3) is 0 Å². The zero-order valence-electron chi connectivity index (χ0n) is 14.6. The molecule has 1 rings (SSSR count). The van der Waals surface area contributed by atoms with Crippen LogP contribution in [0.1, 0.15) is 76.7 Å². The van der Waals surface area contributed by atoms with Gasteiger partial charge in [-0.25, -0.2) is 4.79 Å². The summed E-state index contributed by atoms with van der Waals surface area (Å²) < 4.78 is 5.21. The van der Waals surface area contributed by atoms with Gasteiger partial charge in [0.05, 0.1) is 0 Å². The van der Waals surface area contributed by atoms with Crippen molar-refractivity contribution in [2.24, 2.45) is 0 Å². The Balaban J connectivity index is 2.05. The quantitative estimate of drug-likeness (QED) is 0.453. The highest BCUT2D eigenvalue weighted by Gasteiger charge is 2.01. The number of ether oxygens (including phenoxy) is 1. The summed E-state index contributed by atoms with van der Waals surface area (Å²) in [6, 6.07) is 7.78. The second-order valence-electron chi connectivity index (χ2n) is 6.26. The van der Waals surface area contributed by atoms with Crippen molar-refractivity contribution in [3.63, 3.8) is 0 Å². The highest BCUT2D eigenvalue weighted by molar-refractivity contribution is 5.68. The fraction of sp³-hybridized carbons (Fsp3) is 0.650. The highest BCUT2D eigenvalue weighted by Crippen LogP contribution is 2.16. The minimum absolute atomic E-state index is 0.276. The van der Waals surface area contributed by atoms with Crippen LogP contribution in [0.15, 0.2) is 24.3 Å². The van der Waals surface area contributed by atoms with Crippen molar-refractivity contribution in [1.82, 2.24) is 0 Å². The lowest BCUT2D eigenvalue weighted by molar-refractivity contribution is -0.139. The highest BCUT2D eigenvalue weighted by atomic mass is 16.5. The lowest BCUT2D eigenvalue weighted by atomic mass is 10.0. The molecule has 0 amide bonds. The molecule has 0 saturated heterocycles. The van der Waals surface area contributed by atoms with Crippen molar-refractivity contribution in [3.8, 4) is 5.75 Å². The van der Waals surface area contributed by atoms with E-state index in [9.17, 15) is 4.79 Å². The van der Waals surface area contributed by atoms with Gasteiger partial charge in [-0.15, -0.1) is 0 Å². The van der Waals surface area contributed by atoms with E-state index in [1.807, 2.05) is 18.2 Å². The number of unbranched alkanes of at least 4 members (excludes halogenated alkanes) is 9. The van der Waals surface area contributed by atoms with E-state index in [0.29, 0.717) is 5.75 Å². The molecule has 0 saturated carbocycles. The Bertz CT molecular complexity index is 429. The second-order valence-corrected chi connectivity index (χ2v) is 6.26.